The summed E-state index contributed by atoms with van der Waals surface area (Å²) in [5, 5.41) is 12.7. The van der Waals surface area contributed by atoms with Gasteiger partial charge in [0.2, 0.25) is 5.89 Å². The van der Waals surface area contributed by atoms with E-state index in [4.69, 9.17) is 9.63 Å². The molecule has 1 aliphatic rings. The zero-order valence-corrected chi connectivity index (χ0v) is 9.00. The van der Waals surface area contributed by atoms with E-state index in [1.165, 1.54) is 6.42 Å². The Hall–Kier alpha value is -1.04. The number of aromatic nitrogens is 2. The van der Waals surface area contributed by atoms with Crippen molar-refractivity contribution in [3.05, 3.63) is 11.7 Å². The van der Waals surface area contributed by atoms with E-state index >= 15 is 0 Å². The Morgan fingerprint density at radius 2 is 2.53 bits per heavy atom. The molecule has 0 saturated carbocycles. The highest BCUT2D eigenvalue weighted by Crippen LogP contribution is 2.38. The first-order valence-corrected chi connectivity index (χ1v) is 5.96. The van der Waals surface area contributed by atoms with Crippen LogP contribution < -0.4 is 0 Å². The van der Waals surface area contributed by atoms with Crippen molar-refractivity contribution in [1.29, 1.82) is 0 Å². The monoisotopic (exact) mass is 228 g/mol. The quantitative estimate of drug-likeness (QED) is 0.844. The van der Waals surface area contributed by atoms with Crippen molar-refractivity contribution >= 4 is 17.7 Å². The van der Waals surface area contributed by atoms with Gasteiger partial charge in [-0.15, -0.1) is 0 Å². The number of hydrogen-bond acceptors (Lipinski definition) is 5. The molecule has 6 heteroatoms. The Balaban J connectivity index is 1.94. The first kappa shape index (κ1) is 10.5. The van der Waals surface area contributed by atoms with Gasteiger partial charge < -0.3 is 9.63 Å². The zero-order chi connectivity index (χ0) is 10.7. The van der Waals surface area contributed by atoms with Gasteiger partial charge in [-0.3, -0.25) is 4.79 Å². The third-order valence-electron chi connectivity index (χ3n) is 2.25. The largest absolute Gasteiger partial charge is 0.481 e. The number of rotatable bonds is 4. The van der Waals surface area contributed by atoms with Gasteiger partial charge >= 0.3 is 5.97 Å². The Bertz CT molecular complexity index is 347. The molecule has 0 radical (unpaired) electrons. The van der Waals surface area contributed by atoms with Crippen LogP contribution in [-0.4, -0.2) is 27.0 Å². The smallest absolute Gasteiger partial charge is 0.303 e. The molecule has 0 amide bonds. The second-order valence-corrected chi connectivity index (χ2v) is 4.75. The molecule has 1 unspecified atom stereocenters. The molecule has 0 aliphatic carbocycles. The minimum Gasteiger partial charge on any atom is -0.481 e. The molecule has 1 aromatic heterocycles. The molecule has 1 saturated heterocycles. The van der Waals surface area contributed by atoms with Gasteiger partial charge in [-0.2, -0.15) is 16.7 Å². The summed E-state index contributed by atoms with van der Waals surface area (Å²) in [7, 11) is 0. The van der Waals surface area contributed by atoms with Gasteiger partial charge in [0, 0.05) is 6.42 Å². The predicted molar refractivity (Wildman–Crippen MR) is 54.7 cm³/mol. The van der Waals surface area contributed by atoms with E-state index in [9.17, 15) is 4.79 Å². The molecule has 1 fully saturated rings. The standard InChI is InChI=1S/C9H12N2O3S/c12-8(13)4-3-7-10-9(11-14-7)6-2-1-5-15-6/h6H,1-5H2,(H,12,13). The summed E-state index contributed by atoms with van der Waals surface area (Å²) in [4.78, 5) is 14.5. The second-order valence-electron chi connectivity index (χ2n) is 3.44. The van der Waals surface area contributed by atoms with Crippen LogP contribution in [0.3, 0.4) is 0 Å². The summed E-state index contributed by atoms with van der Waals surface area (Å²) in [6, 6.07) is 0. The highest BCUT2D eigenvalue weighted by molar-refractivity contribution is 7.99. The van der Waals surface area contributed by atoms with Crippen LogP contribution in [0.25, 0.3) is 0 Å². The van der Waals surface area contributed by atoms with Crippen LogP contribution in [0.4, 0.5) is 0 Å². The Morgan fingerprint density at radius 3 is 3.20 bits per heavy atom. The molecule has 1 atom stereocenters. The van der Waals surface area contributed by atoms with E-state index < -0.39 is 5.97 Å². The topological polar surface area (TPSA) is 76.2 Å². The Morgan fingerprint density at radius 1 is 1.67 bits per heavy atom. The number of hydrogen-bond donors (Lipinski definition) is 1. The fraction of sp³-hybridized carbons (Fsp3) is 0.667. The summed E-state index contributed by atoms with van der Waals surface area (Å²) in [5.41, 5.74) is 0. The summed E-state index contributed by atoms with van der Waals surface area (Å²) >= 11 is 1.83. The van der Waals surface area contributed by atoms with Crippen molar-refractivity contribution in [2.45, 2.75) is 30.9 Å². The van der Waals surface area contributed by atoms with Crippen molar-refractivity contribution in [2.24, 2.45) is 0 Å². The van der Waals surface area contributed by atoms with Gasteiger partial charge in [0.1, 0.15) is 0 Å². The molecule has 1 N–H and O–H groups in total. The average Bonchev–Trinajstić information content (AvgIpc) is 2.85. The van der Waals surface area contributed by atoms with Gasteiger partial charge in [-0.1, -0.05) is 5.16 Å². The fourth-order valence-corrected chi connectivity index (χ4v) is 2.69. The molecular formula is C9H12N2O3S. The van der Waals surface area contributed by atoms with Crippen molar-refractivity contribution in [2.75, 3.05) is 5.75 Å². The summed E-state index contributed by atoms with van der Waals surface area (Å²) < 4.78 is 4.99. The number of carboxylic acid groups (broad SMARTS) is 1. The van der Waals surface area contributed by atoms with Crippen LogP contribution in [0.1, 0.15) is 36.2 Å². The number of carboxylic acids is 1. The van der Waals surface area contributed by atoms with E-state index in [0.717, 1.165) is 18.0 Å². The van der Waals surface area contributed by atoms with Crippen LogP contribution in [0.2, 0.25) is 0 Å². The van der Waals surface area contributed by atoms with Gasteiger partial charge in [0.15, 0.2) is 5.82 Å². The van der Waals surface area contributed by atoms with E-state index in [0.29, 0.717) is 17.6 Å². The lowest BCUT2D eigenvalue weighted by atomic mass is 10.2. The molecule has 15 heavy (non-hydrogen) atoms. The van der Waals surface area contributed by atoms with Crippen LogP contribution >= 0.6 is 11.8 Å². The molecule has 0 bridgehead atoms. The van der Waals surface area contributed by atoms with E-state index in [2.05, 4.69) is 10.1 Å². The van der Waals surface area contributed by atoms with E-state index in [1.54, 1.807) is 0 Å². The summed E-state index contributed by atoms with van der Waals surface area (Å²) in [6.07, 6.45) is 2.63. The number of thioether (sulfide) groups is 1. The molecular weight excluding hydrogens is 216 g/mol. The van der Waals surface area contributed by atoms with E-state index in [1.807, 2.05) is 11.8 Å². The van der Waals surface area contributed by atoms with Gasteiger partial charge in [-0.05, 0) is 18.6 Å². The van der Waals surface area contributed by atoms with Crippen molar-refractivity contribution in [3.63, 3.8) is 0 Å². The molecule has 82 valence electrons. The van der Waals surface area contributed by atoms with Crippen molar-refractivity contribution in [1.82, 2.24) is 10.1 Å². The van der Waals surface area contributed by atoms with Crippen LogP contribution in [0, 0.1) is 0 Å². The lowest BCUT2D eigenvalue weighted by Gasteiger charge is -1.98. The average molecular weight is 228 g/mol. The maximum absolute atomic E-state index is 10.3. The summed E-state index contributed by atoms with van der Waals surface area (Å²) in [6.45, 7) is 0. The van der Waals surface area contributed by atoms with Crippen LogP contribution in [-0.2, 0) is 11.2 Å². The third-order valence-corrected chi connectivity index (χ3v) is 3.63. The maximum atomic E-state index is 10.3. The minimum atomic E-state index is -0.843. The Labute approximate surface area is 91.2 Å². The highest BCUT2D eigenvalue weighted by atomic mass is 32.2. The number of aliphatic carboxylic acids is 1. The number of nitrogens with zero attached hydrogens (tertiary/aromatic N) is 2. The van der Waals surface area contributed by atoms with Gasteiger partial charge in [-0.25, -0.2) is 0 Å². The molecule has 1 aliphatic heterocycles. The van der Waals surface area contributed by atoms with Gasteiger partial charge in [0.05, 0.1) is 11.7 Å². The fourth-order valence-electron chi connectivity index (χ4n) is 1.50. The van der Waals surface area contributed by atoms with Crippen molar-refractivity contribution in [3.8, 4) is 0 Å². The van der Waals surface area contributed by atoms with Crippen molar-refractivity contribution < 1.29 is 14.4 Å². The van der Waals surface area contributed by atoms with Crippen LogP contribution in [0.15, 0.2) is 4.52 Å². The highest BCUT2D eigenvalue weighted by Gasteiger charge is 2.22. The molecule has 2 rings (SSSR count). The lowest BCUT2D eigenvalue weighted by Crippen LogP contribution is -1.98. The normalized spacial score (nSPS) is 20.7. The number of aryl methyl sites for hydroxylation is 1. The maximum Gasteiger partial charge on any atom is 0.303 e. The molecule has 0 spiro atoms. The molecule has 0 aromatic carbocycles. The zero-order valence-electron chi connectivity index (χ0n) is 8.18. The van der Waals surface area contributed by atoms with Crippen LogP contribution in [0.5, 0.6) is 0 Å². The second kappa shape index (κ2) is 4.65. The molecule has 1 aromatic rings. The predicted octanol–water partition coefficient (Wildman–Crippen LogP) is 1.65. The first-order chi connectivity index (χ1) is 7.25. The first-order valence-electron chi connectivity index (χ1n) is 4.91. The number of carbonyl (C=O) groups is 1. The van der Waals surface area contributed by atoms with Gasteiger partial charge in [0.25, 0.3) is 0 Å². The molecule has 2 heterocycles. The van der Waals surface area contributed by atoms with E-state index in [-0.39, 0.29) is 6.42 Å². The Kier molecular flexibility index (Phi) is 3.25. The molecule has 5 nitrogen and oxygen atoms in total. The minimum absolute atomic E-state index is 0.0411. The SMILES string of the molecule is O=C(O)CCc1nc(C2CCCS2)no1. The summed E-state index contributed by atoms with van der Waals surface area (Å²) in [5.74, 6) is 1.45. The third kappa shape index (κ3) is 2.71. The lowest BCUT2D eigenvalue weighted by molar-refractivity contribution is -0.137.